The van der Waals surface area contributed by atoms with E-state index >= 15 is 0 Å². The van der Waals surface area contributed by atoms with Crippen molar-refractivity contribution in [3.8, 4) is 0 Å². The second-order valence-corrected chi connectivity index (χ2v) is 10.2. The van der Waals surface area contributed by atoms with Crippen molar-refractivity contribution in [1.82, 2.24) is 0 Å². The molecule has 0 fully saturated rings. The van der Waals surface area contributed by atoms with Crippen LogP contribution in [-0.2, 0) is 56.9 Å². The van der Waals surface area contributed by atoms with E-state index in [1.807, 2.05) is 0 Å². The molecular weight excluding hydrogens is 379 g/mol. The third-order valence-corrected chi connectivity index (χ3v) is 3.51. The van der Waals surface area contributed by atoms with Crippen molar-refractivity contribution in [2.75, 3.05) is 25.0 Å². The van der Waals surface area contributed by atoms with Crippen molar-refractivity contribution in [3.63, 3.8) is 0 Å². The summed E-state index contributed by atoms with van der Waals surface area (Å²) in [5.74, 6) is 0. The molecule has 0 N–H and O–H groups in total. The van der Waals surface area contributed by atoms with Crippen molar-refractivity contribution in [2.24, 2.45) is 0 Å². The Labute approximate surface area is 122 Å². The molecule has 21 heavy (non-hydrogen) atoms. The van der Waals surface area contributed by atoms with E-state index in [0.29, 0.717) is 25.0 Å². The second-order valence-electron chi connectivity index (χ2n) is 3.78. The van der Waals surface area contributed by atoms with E-state index in [1.165, 1.54) is 0 Å². The summed E-state index contributed by atoms with van der Waals surface area (Å²) in [4.78, 5) is 0. The van der Waals surface area contributed by atoms with Crippen LogP contribution in [0.5, 0.6) is 0 Å². The lowest BCUT2D eigenvalue weighted by Gasteiger charge is -2.35. The molecule has 0 unspecified atom stereocenters. The Balaban J connectivity index is 6.18. The fraction of sp³-hybridized carbons (Fsp3) is 1.00. The van der Waals surface area contributed by atoms with Gasteiger partial charge in [0.2, 0.25) is 40.5 Å². The van der Waals surface area contributed by atoms with Crippen molar-refractivity contribution in [1.29, 1.82) is 0 Å². The minimum Gasteiger partial charge on any atom is -0.405 e. The van der Waals surface area contributed by atoms with Gasteiger partial charge in [0.05, 0.1) is 25.0 Å². The van der Waals surface area contributed by atoms with Gasteiger partial charge in [0.25, 0.3) is 0 Å². The predicted octanol–water partition coefficient (Wildman–Crippen LogP) is -2.67. The normalized spacial score (nSPS) is 15.0. The van der Waals surface area contributed by atoms with E-state index in [1.54, 1.807) is 0 Å². The zero-order chi connectivity index (χ0) is 17.3. The van der Waals surface area contributed by atoms with Gasteiger partial charge in [-0.3, -0.25) is 0 Å². The molecule has 0 aromatic rings. The molecular formula is C4H12BO12S4-. The number of rotatable bonds is 8. The minimum atomic E-state index is -4.71. The average molecular weight is 391 g/mol. The summed E-state index contributed by atoms with van der Waals surface area (Å²) in [5.41, 5.74) is 0. The first kappa shape index (κ1) is 20.7. The highest BCUT2D eigenvalue weighted by atomic mass is 32.2. The fourth-order valence-electron chi connectivity index (χ4n) is 0.953. The van der Waals surface area contributed by atoms with E-state index in [2.05, 4.69) is 16.4 Å². The largest absolute Gasteiger partial charge is 0.586 e. The van der Waals surface area contributed by atoms with Crippen LogP contribution in [0.4, 0.5) is 0 Å². The molecule has 0 bridgehead atoms. The maximum absolute atomic E-state index is 11.1. The van der Waals surface area contributed by atoms with Crippen LogP contribution in [0.1, 0.15) is 0 Å². The SMILES string of the molecule is CS(=O)(=O)O[B-](OS(C)(=O)=O)(OS(C)(=O)=O)OS(C)(=O)=O. The molecule has 128 valence electrons. The van der Waals surface area contributed by atoms with Crippen molar-refractivity contribution < 1.29 is 50.1 Å². The minimum absolute atomic E-state index is 0.354. The van der Waals surface area contributed by atoms with Crippen LogP contribution in [0.15, 0.2) is 0 Å². The Morgan fingerprint density at radius 3 is 0.714 bits per heavy atom. The third kappa shape index (κ3) is 11.0. The Bertz CT molecular complexity index is 644. The molecule has 0 aliphatic heterocycles. The van der Waals surface area contributed by atoms with E-state index in [4.69, 9.17) is 0 Å². The first-order chi connectivity index (χ1) is 8.83. The molecule has 0 saturated carbocycles. The molecule has 12 nitrogen and oxygen atoms in total. The van der Waals surface area contributed by atoms with Gasteiger partial charge in [-0.25, -0.2) is 33.7 Å². The number of hydrogen-bond acceptors (Lipinski definition) is 12. The van der Waals surface area contributed by atoms with Gasteiger partial charge in [-0.05, 0) is 0 Å². The van der Waals surface area contributed by atoms with Crippen LogP contribution in [0.25, 0.3) is 0 Å². The molecule has 0 amide bonds. The molecule has 0 aromatic heterocycles. The van der Waals surface area contributed by atoms with E-state index in [9.17, 15) is 33.7 Å². The summed E-state index contributed by atoms with van der Waals surface area (Å²) in [5, 5.41) is 0. The van der Waals surface area contributed by atoms with Gasteiger partial charge in [-0.2, -0.15) is 0 Å². The van der Waals surface area contributed by atoms with Crippen LogP contribution >= 0.6 is 0 Å². The smallest absolute Gasteiger partial charge is 0.405 e. The van der Waals surface area contributed by atoms with Crippen LogP contribution in [0.2, 0.25) is 0 Å². The molecule has 0 spiro atoms. The van der Waals surface area contributed by atoms with Crippen LogP contribution in [-0.4, -0.2) is 65.7 Å². The Hall–Kier alpha value is -0.295. The summed E-state index contributed by atoms with van der Waals surface area (Å²) in [6, 6.07) is 0. The Morgan fingerprint density at radius 1 is 0.476 bits per heavy atom. The Kier molecular flexibility index (Phi) is 5.98. The lowest BCUT2D eigenvalue weighted by Crippen LogP contribution is -2.53. The fourth-order valence-corrected chi connectivity index (χ4v) is 3.43. The standard InChI is InChI=1S/C4H12BO12S4/c1-18(6,7)14-5(15-19(2,8)9,16-20(3,10)11)17-21(4,12)13/h1-4H3/q-1. The summed E-state index contributed by atoms with van der Waals surface area (Å²) < 4.78 is 105. The summed E-state index contributed by atoms with van der Waals surface area (Å²) in [7, 11) is -18.6. The summed E-state index contributed by atoms with van der Waals surface area (Å²) >= 11 is 0. The van der Waals surface area contributed by atoms with Gasteiger partial charge in [-0.15, -0.1) is 0 Å². The molecule has 0 saturated heterocycles. The molecule has 0 radical (unpaired) electrons. The van der Waals surface area contributed by atoms with Crippen LogP contribution < -0.4 is 0 Å². The van der Waals surface area contributed by atoms with Gasteiger partial charge in [0.15, 0.2) is 0 Å². The van der Waals surface area contributed by atoms with Gasteiger partial charge in [0.1, 0.15) is 0 Å². The second kappa shape index (κ2) is 6.07. The molecule has 0 aliphatic rings. The predicted molar refractivity (Wildman–Crippen MR) is 69.5 cm³/mol. The number of hydrogen-bond donors (Lipinski definition) is 0. The first-order valence-corrected chi connectivity index (χ1v) is 11.8. The van der Waals surface area contributed by atoms with Crippen LogP contribution in [0, 0.1) is 0 Å². The van der Waals surface area contributed by atoms with E-state index in [-0.39, 0.29) is 0 Å². The van der Waals surface area contributed by atoms with Crippen molar-refractivity contribution >= 4 is 47.4 Å². The van der Waals surface area contributed by atoms with Crippen molar-refractivity contribution in [3.05, 3.63) is 0 Å². The van der Waals surface area contributed by atoms with E-state index in [0.717, 1.165) is 0 Å². The van der Waals surface area contributed by atoms with Gasteiger partial charge >= 0.3 is 6.96 Å². The van der Waals surface area contributed by atoms with Gasteiger partial charge in [-0.1, -0.05) is 0 Å². The summed E-state index contributed by atoms with van der Waals surface area (Å²) in [6.07, 6.45) is 1.41. The molecule has 0 atom stereocenters. The first-order valence-electron chi connectivity index (χ1n) is 4.58. The molecule has 17 heteroatoms. The maximum atomic E-state index is 11.1. The van der Waals surface area contributed by atoms with Gasteiger partial charge < -0.3 is 16.4 Å². The zero-order valence-electron chi connectivity index (χ0n) is 11.1. The molecule has 0 rings (SSSR count). The molecule has 0 aromatic carbocycles. The Morgan fingerprint density at radius 2 is 0.619 bits per heavy atom. The average Bonchev–Trinajstić information content (AvgIpc) is 1.83. The summed E-state index contributed by atoms with van der Waals surface area (Å²) in [6.45, 7) is -4.71. The highest BCUT2D eigenvalue weighted by Gasteiger charge is 2.46. The molecule has 0 aliphatic carbocycles. The highest BCUT2D eigenvalue weighted by molar-refractivity contribution is 7.91. The van der Waals surface area contributed by atoms with Gasteiger partial charge in [0, 0.05) is 0 Å². The zero-order valence-corrected chi connectivity index (χ0v) is 14.4. The quantitative estimate of drug-likeness (QED) is 0.393. The lowest BCUT2D eigenvalue weighted by atomic mass is 10.1. The lowest BCUT2D eigenvalue weighted by molar-refractivity contribution is 0.179. The molecule has 0 heterocycles. The van der Waals surface area contributed by atoms with Crippen LogP contribution in [0.3, 0.4) is 0 Å². The maximum Gasteiger partial charge on any atom is 0.586 e. The monoisotopic (exact) mass is 391 g/mol. The topological polar surface area (TPSA) is 173 Å². The van der Waals surface area contributed by atoms with Crippen molar-refractivity contribution in [2.45, 2.75) is 0 Å². The highest BCUT2D eigenvalue weighted by Crippen LogP contribution is 2.21. The van der Waals surface area contributed by atoms with E-state index < -0.39 is 47.4 Å². The third-order valence-electron chi connectivity index (χ3n) is 1.17.